The minimum atomic E-state index is 0.539. The molecule has 1 aromatic heterocycles. The first-order chi connectivity index (χ1) is 13.6. The van der Waals surface area contributed by atoms with Crippen LogP contribution in [0.15, 0.2) is 24.3 Å². The molecule has 1 saturated heterocycles. The minimum absolute atomic E-state index is 0.539. The zero-order valence-corrected chi connectivity index (χ0v) is 18.0. The summed E-state index contributed by atoms with van der Waals surface area (Å²) in [5.74, 6) is 1.90. The Balaban J connectivity index is 1.38. The van der Waals surface area contributed by atoms with Gasteiger partial charge in [-0.1, -0.05) is 11.6 Å². The van der Waals surface area contributed by atoms with E-state index in [1.165, 1.54) is 32.1 Å². The van der Waals surface area contributed by atoms with E-state index in [0.29, 0.717) is 19.3 Å². The van der Waals surface area contributed by atoms with E-state index < -0.39 is 0 Å². The lowest BCUT2D eigenvalue weighted by Crippen LogP contribution is -2.32. The van der Waals surface area contributed by atoms with Crippen LogP contribution in [-0.2, 0) is 6.67 Å². The molecule has 2 aromatic rings. The fourth-order valence-corrected chi connectivity index (χ4v) is 4.07. The Bertz CT molecular complexity index is 839. The number of hydrogen-bond acceptors (Lipinski definition) is 5. The first kappa shape index (κ1) is 19.7. The van der Waals surface area contributed by atoms with Gasteiger partial charge in [0.15, 0.2) is 0 Å². The molecule has 2 heterocycles. The van der Waals surface area contributed by atoms with Crippen molar-refractivity contribution in [1.82, 2.24) is 19.2 Å². The number of piperidine rings is 1. The van der Waals surface area contributed by atoms with Gasteiger partial charge in [-0.05, 0) is 75.6 Å². The third-order valence-electron chi connectivity index (χ3n) is 5.33. The molecule has 152 valence electrons. The van der Waals surface area contributed by atoms with Gasteiger partial charge in [0.05, 0.1) is 6.67 Å². The van der Waals surface area contributed by atoms with Crippen molar-refractivity contribution >= 4 is 29.8 Å². The van der Waals surface area contributed by atoms with Gasteiger partial charge in [0, 0.05) is 30.7 Å². The van der Waals surface area contributed by atoms with E-state index in [1.807, 2.05) is 28.9 Å². The average Bonchev–Trinajstić information content (AvgIpc) is 3.49. The maximum absolute atomic E-state index is 5.91. The number of benzene rings is 1. The van der Waals surface area contributed by atoms with Crippen LogP contribution in [0.5, 0.6) is 5.75 Å². The second-order valence-electron chi connectivity index (χ2n) is 7.75. The maximum Gasteiger partial charge on any atom is 0.226 e. The third kappa shape index (κ3) is 4.70. The summed E-state index contributed by atoms with van der Waals surface area (Å²) in [4.78, 5) is 4.60. The molecule has 0 atom stereocenters. The van der Waals surface area contributed by atoms with Crippen molar-refractivity contribution in [2.24, 2.45) is 0 Å². The smallest absolute Gasteiger partial charge is 0.226 e. The van der Waals surface area contributed by atoms with Crippen molar-refractivity contribution in [3.05, 3.63) is 34.1 Å². The second kappa shape index (κ2) is 8.84. The van der Waals surface area contributed by atoms with Gasteiger partial charge in [0.25, 0.3) is 0 Å². The summed E-state index contributed by atoms with van der Waals surface area (Å²) >= 11 is 11.7. The van der Waals surface area contributed by atoms with Crippen LogP contribution < -0.4 is 9.64 Å². The van der Waals surface area contributed by atoms with Gasteiger partial charge in [-0.2, -0.15) is 0 Å². The van der Waals surface area contributed by atoms with Crippen LogP contribution >= 0.6 is 23.8 Å². The normalized spacial score (nSPS) is 17.3. The fraction of sp³-hybridized carbons (Fsp3) is 0.600. The predicted octanol–water partition coefficient (Wildman–Crippen LogP) is 4.36. The van der Waals surface area contributed by atoms with E-state index in [9.17, 15) is 0 Å². The number of likely N-dealkylation sites (N-methyl/N-ethyl adjacent to an activating group) is 1. The topological polar surface area (TPSA) is 38.5 Å². The van der Waals surface area contributed by atoms with Gasteiger partial charge in [0.1, 0.15) is 12.4 Å². The lowest BCUT2D eigenvalue weighted by molar-refractivity contribution is 0.197. The fourth-order valence-electron chi connectivity index (χ4n) is 3.61. The van der Waals surface area contributed by atoms with Crippen LogP contribution in [-0.4, -0.2) is 52.5 Å². The van der Waals surface area contributed by atoms with Crippen molar-refractivity contribution in [2.75, 3.05) is 38.2 Å². The van der Waals surface area contributed by atoms with Crippen LogP contribution in [0.1, 0.15) is 38.1 Å². The monoisotopic (exact) mass is 421 g/mol. The Labute approximate surface area is 176 Å². The Morgan fingerprint density at radius 1 is 1.18 bits per heavy atom. The number of ether oxygens (including phenoxy) is 1. The lowest BCUT2D eigenvalue weighted by Gasteiger charge is -2.27. The summed E-state index contributed by atoms with van der Waals surface area (Å²) in [6.07, 6.45) is 6.23. The molecular weight excluding hydrogens is 394 g/mol. The summed E-state index contributed by atoms with van der Waals surface area (Å²) in [5, 5.41) is 5.63. The van der Waals surface area contributed by atoms with E-state index in [0.717, 1.165) is 41.1 Å². The first-order valence-corrected chi connectivity index (χ1v) is 10.9. The SMILES string of the molecule is CN(CCOc1ccc(Cl)cc1)Cn1nc(N2CCCCC2)n(C2CC2)c1=S. The summed E-state index contributed by atoms with van der Waals surface area (Å²) in [7, 11) is 2.07. The maximum atomic E-state index is 5.91. The molecule has 28 heavy (non-hydrogen) atoms. The molecule has 1 aromatic carbocycles. The van der Waals surface area contributed by atoms with Gasteiger partial charge in [-0.25, -0.2) is 4.68 Å². The van der Waals surface area contributed by atoms with Crippen LogP contribution in [0, 0.1) is 4.77 Å². The highest BCUT2D eigenvalue weighted by Crippen LogP contribution is 2.38. The number of halogens is 1. The Kier molecular flexibility index (Phi) is 6.23. The molecule has 4 rings (SSSR count). The zero-order chi connectivity index (χ0) is 19.5. The average molecular weight is 422 g/mol. The molecule has 0 bridgehead atoms. The van der Waals surface area contributed by atoms with Crippen molar-refractivity contribution in [2.45, 2.75) is 44.8 Å². The molecule has 0 N–H and O–H groups in total. The summed E-state index contributed by atoms with van der Waals surface area (Å²) in [6, 6.07) is 8.00. The van der Waals surface area contributed by atoms with E-state index in [1.54, 1.807) is 0 Å². The van der Waals surface area contributed by atoms with Crippen molar-refractivity contribution in [3.63, 3.8) is 0 Å². The van der Waals surface area contributed by atoms with Gasteiger partial charge in [0.2, 0.25) is 10.7 Å². The molecule has 0 unspecified atom stereocenters. The number of aromatic nitrogens is 3. The van der Waals surface area contributed by atoms with E-state index in [4.69, 9.17) is 33.7 Å². The molecular formula is C20H28ClN5OS. The molecule has 1 aliphatic heterocycles. The molecule has 2 aliphatic rings. The van der Waals surface area contributed by atoms with Crippen LogP contribution in [0.25, 0.3) is 0 Å². The molecule has 1 aliphatic carbocycles. The first-order valence-electron chi connectivity index (χ1n) is 10.1. The van der Waals surface area contributed by atoms with Crippen molar-refractivity contribution < 1.29 is 4.74 Å². The standard InChI is InChI=1S/C20H28ClN5OS/c1-23(13-14-27-18-9-5-16(21)6-10-18)15-25-20(28)26(17-7-8-17)19(22-25)24-11-3-2-4-12-24/h5-6,9-10,17H,2-4,7-8,11-15H2,1H3. The van der Waals surface area contributed by atoms with Crippen LogP contribution in [0.4, 0.5) is 5.95 Å². The Morgan fingerprint density at radius 3 is 2.57 bits per heavy atom. The van der Waals surface area contributed by atoms with Crippen LogP contribution in [0.2, 0.25) is 5.02 Å². The van der Waals surface area contributed by atoms with E-state index in [2.05, 4.69) is 21.4 Å². The van der Waals surface area contributed by atoms with Crippen molar-refractivity contribution in [3.8, 4) is 5.75 Å². The molecule has 0 amide bonds. The summed E-state index contributed by atoms with van der Waals surface area (Å²) in [6.45, 7) is 4.24. The number of hydrogen-bond donors (Lipinski definition) is 0. The summed E-state index contributed by atoms with van der Waals surface area (Å²) in [5.41, 5.74) is 0. The quantitative estimate of drug-likeness (QED) is 0.592. The summed E-state index contributed by atoms with van der Waals surface area (Å²) < 4.78 is 10.9. The molecule has 0 radical (unpaired) electrons. The van der Waals surface area contributed by atoms with Gasteiger partial charge >= 0.3 is 0 Å². The van der Waals surface area contributed by atoms with E-state index >= 15 is 0 Å². The highest BCUT2D eigenvalue weighted by Gasteiger charge is 2.31. The molecule has 8 heteroatoms. The second-order valence-corrected chi connectivity index (χ2v) is 8.56. The highest BCUT2D eigenvalue weighted by molar-refractivity contribution is 7.71. The zero-order valence-electron chi connectivity index (χ0n) is 16.4. The van der Waals surface area contributed by atoms with Gasteiger partial charge in [-0.3, -0.25) is 9.47 Å². The van der Waals surface area contributed by atoms with Gasteiger partial charge < -0.3 is 9.64 Å². The number of nitrogens with zero attached hydrogens (tertiary/aromatic N) is 5. The van der Waals surface area contributed by atoms with Crippen molar-refractivity contribution in [1.29, 1.82) is 0 Å². The lowest BCUT2D eigenvalue weighted by atomic mass is 10.1. The molecule has 6 nitrogen and oxygen atoms in total. The van der Waals surface area contributed by atoms with Gasteiger partial charge in [-0.15, -0.1) is 5.10 Å². The number of rotatable bonds is 8. The Hall–Kier alpha value is -1.57. The Morgan fingerprint density at radius 2 is 1.89 bits per heavy atom. The molecule has 1 saturated carbocycles. The number of anilines is 1. The highest BCUT2D eigenvalue weighted by atomic mass is 35.5. The minimum Gasteiger partial charge on any atom is -0.492 e. The largest absolute Gasteiger partial charge is 0.492 e. The predicted molar refractivity (Wildman–Crippen MR) is 115 cm³/mol. The molecule has 2 fully saturated rings. The molecule has 0 spiro atoms. The van der Waals surface area contributed by atoms with E-state index in [-0.39, 0.29) is 0 Å². The van der Waals surface area contributed by atoms with Crippen LogP contribution in [0.3, 0.4) is 0 Å². The third-order valence-corrected chi connectivity index (χ3v) is 5.99.